The average Bonchev–Trinajstić information content (AvgIpc) is 2.18. The van der Waals surface area contributed by atoms with E-state index >= 15 is 0 Å². The molecular weight excluding hydrogens is 204 g/mol. The first-order chi connectivity index (χ1) is 7.09. The Morgan fingerprint density at radius 2 is 2.07 bits per heavy atom. The molecule has 1 heterocycles. The monoisotopic (exact) mass is 224 g/mol. The van der Waals surface area contributed by atoms with Gasteiger partial charge in [-0.05, 0) is 37.1 Å². The van der Waals surface area contributed by atoms with E-state index in [0.29, 0.717) is 0 Å². The van der Waals surface area contributed by atoms with Crippen molar-refractivity contribution in [2.75, 3.05) is 5.75 Å². The number of hydrogen-bond donors (Lipinski definition) is 1. The Kier molecular flexibility index (Phi) is 5.12. The van der Waals surface area contributed by atoms with Gasteiger partial charge >= 0.3 is 0 Å². The lowest BCUT2D eigenvalue weighted by atomic mass is 10.2. The van der Waals surface area contributed by atoms with Crippen molar-refractivity contribution in [2.45, 2.75) is 38.1 Å². The molecule has 2 N–H and O–H groups in total. The Labute approximate surface area is 96.7 Å². The van der Waals surface area contributed by atoms with Gasteiger partial charge in [-0.2, -0.15) is 0 Å². The van der Waals surface area contributed by atoms with Gasteiger partial charge in [-0.1, -0.05) is 13.8 Å². The third kappa shape index (κ3) is 4.67. The molecule has 0 aliphatic heterocycles. The quantitative estimate of drug-likeness (QED) is 0.780. The van der Waals surface area contributed by atoms with Gasteiger partial charge in [0.25, 0.3) is 0 Å². The van der Waals surface area contributed by atoms with Crippen molar-refractivity contribution in [3.8, 4) is 0 Å². The number of rotatable bonds is 5. The number of nitrogens with two attached hydrogens (primary N) is 1. The molecule has 84 valence electrons. The Balaban J connectivity index is 2.43. The summed E-state index contributed by atoms with van der Waals surface area (Å²) < 4.78 is 0. The van der Waals surface area contributed by atoms with Gasteiger partial charge in [-0.3, -0.25) is 4.98 Å². The van der Waals surface area contributed by atoms with Gasteiger partial charge in [-0.15, -0.1) is 11.8 Å². The Morgan fingerprint density at radius 1 is 1.33 bits per heavy atom. The zero-order chi connectivity index (χ0) is 11.3. The molecule has 1 atom stereocenters. The summed E-state index contributed by atoms with van der Waals surface area (Å²) in [5, 5.41) is 0. The lowest BCUT2D eigenvalue weighted by molar-refractivity contribution is 0.632. The normalized spacial score (nSPS) is 13.1. The highest BCUT2D eigenvalue weighted by Gasteiger charge is 2.01. The average molecular weight is 224 g/mol. The first-order valence-corrected chi connectivity index (χ1v) is 6.42. The molecule has 0 aliphatic rings. The van der Waals surface area contributed by atoms with E-state index in [1.165, 1.54) is 11.3 Å². The second-order valence-electron chi connectivity index (χ2n) is 4.24. The van der Waals surface area contributed by atoms with Crippen LogP contribution in [-0.4, -0.2) is 10.7 Å². The molecule has 3 heteroatoms. The molecule has 0 fully saturated rings. The molecule has 0 saturated heterocycles. The van der Waals surface area contributed by atoms with E-state index in [2.05, 4.69) is 24.9 Å². The number of thioether (sulfide) groups is 1. The van der Waals surface area contributed by atoms with Gasteiger partial charge in [0, 0.05) is 17.1 Å². The largest absolute Gasteiger partial charge is 0.323 e. The fraction of sp³-hybridized carbons (Fsp3) is 0.583. The molecule has 2 nitrogen and oxygen atoms in total. The summed E-state index contributed by atoms with van der Waals surface area (Å²) in [6.07, 6.45) is 3.17. The summed E-state index contributed by atoms with van der Waals surface area (Å²) in [4.78, 5) is 5.57. The maximum atomic E-state index is 5.73. The predicted molar refractivity (Wildman–Crippen MR) is 67.0 cm³/mol. The molecule has 0 spiro atoms. The van der Waals surface area contributed by atoms with Crippen molar-refractivity contribution < 1.29 is 0 Å². The van der Waals surface area contributed by atoms with Crippen LogP contribution in [-0.2, 0) is 0 Å². The Hall–Kier alpha value is -0.540. The third-order valence-electron chi connectivity index (χ3n) is 2.19. The van der Waals surface area contributed by atoms with Crippen LogP contribution in [0, 0.1) is 5.92 Å². The second kappa shape index (κ2) is 6.13. The van der Waals surface area contributed by atoms with Crippen molar-refractivity contribution in [1.29, 1.82) is 0 Å². The van der Waals surface area contributed by atoms with Crippen LogP contribution in [0.2, 0.25) is 0 Å². The summed E-state index contributed by atoms with van der Waals surface area (Å²) in [5.41, 5.74) is 6.70. The molecule has 15 heavy (non-hydrogen) atoms. The van der Waals surface area contributed by atoms with Gasteiger partial charge in [-0.25, -0.2) is 0 Å². The van der Waals surface area contributed by atoms with E-state index in [1.807, 2.05) is 30.9 Å². The molecule has 0 aliphatic carbocycles. The fourth-order valence-corrected chi connectivity index (χ4v) is 2.28. The molecule has 0 bridgehead atoms. The minimum absolute atomic E-state index is 0.0275. The summed E-state index contributed by atoms with van der Waals surface area (Å²) in [6, 6.07) is 4.15. The van der Waals surface area contributed by atoms with Crippen molar-refractivity contribution in [3.63, 3.8) is 0 Å². The van der Waals surface area contributed by atoms with Gasteiger partial charge in [0.1, 0.15) is 0 Å². The summed E-state index contributed by atoms with van der Waals surface area (Å²) in [5.74, 6) is 1.94. The molecule has 0 aromatic carbocycles. The van der Waals surface area contributed by atoms with Crippen molar-refractivity contribution in [3.05, 3.63) is 24.0 Å². The van der Waals surface area contributed by atoms with E-state index in [0.717, 1.165) is 17.4 Å². The summed E-state index contributed by atoms with van der Waals surface area (Å²) in [6.45, 7) is 6.45. The van der Waals surface area contributed by atoms with Crippen LogP contribution in [0.5, 0.6) is 0 Å². The van der Waals surface area contributed by atoms with Crippen LogP contribution in [0.4, 0.5) is 0 Å². The standard InChI is InChI=1S/C12H20N2S/c1-9(2)6-7-15-11-4-5-12(10(3)13)14-8-11/h4-5,8-10H,6-7,13H2,1-3H3/t10-/m1/s1. The molecule has 1 rings (SSSR count). The van der Waals surface area contributed by atoms with E-state index in [9.17, 15) is 0 Å². The topological polar surface area (TPSA) is 38.9 Å². The molecule has 0 radical (unpaired) electrons. The van der Waals surface area contributed by atoms with Crippen molar-refractivity contribution in [2.24, 2.45) is 11.7 Å². The zero-order valence-electron chi connectivity index (χ0n) is 9.73. The Morgan fingerprint density at radius 3 is 2.53 bits per heavy atom. The van der Waals surface area contributed by atoms with E-state index in [-0.39, 0.29) is 6.04 Å². The fourth-order valence-electron chi connectivity index (χ4n) is 1.16. The summed E-state index contributed by atoms with van der Waals surface area (Å²) >= 11 is 1.87. The number of aromatic nitrogens is 1. The molecule has 1 aromatic rings. The van der Waals surface area contributed by atoms with Crippen LogP contribution >= 0.6 is 11.8 Å². The summed E-state index contributed by atoms with van der Waals surface area (Å²) in [7, 11) is 0. The SMILES string of the molecule is CC(C)CCSc1ccc([C@@H](C)N)nc1. The van der Waals surface area contributed by atoms with Gasteiger partial charge < -0.3 is 5.73 Å². The van der Waals surface area contributed by atoms with Crippen LogP contribution in [0.1, 0.15) is 38.9 Å². The van der Waals surface area contributed by atoms with E-state index in [4.69, 9.17) is 5.73 Å². The molecule has 1 aromatic heterocycles. The first kappa shape index (κ1) is 12.5. The van der Waals surface area contributed by atoms with Crippen LogP contribution in [0.15, 0.2) is 23.2 Å². The van der Waals surface area contributed by atoms with Crippen LogP contribution < -0.4 is 5.73 Å². The van der Waals surface area contributed by atoms with Gasteiger partial charge in [0.2, 0.25) is 0 Å². The first-order valence-electron chi connectivity index (χ1n) is 5.44. The zero-order valence-corrected chi connectivity index (χ0v) is 10.6. The number of nitrogens with zero attached hydrogens (tertiary/aromatic N) is 1. The predicted octanol–water partition coefficient (Wildman–Crippen LogP) is 3.24. The maximum Gasteiger partial charge on any atom is 0.0569 e. The molecule has 0 unspecified atom stereocenters. The Bertz CT molecular complexity index is 280. The smallest absolute Gasteiger partial charge is 0.0569 e. The maximum absolute atomic E-state index is 5.73. The van der Waals surface area contributed by atoms with Gasteiger partial charge in [0.05, 0.1) is 5.69 Å². The second-order valence-corrected chi connectivity index (χ2v) is 5.41. The third-order valence-corrected chi connectivity index (χ3v) is 3.20. The van der Waals surface area contributed by atoms with Crippen LogP contribution in [0.3, 0.4) is 0 Å². The van der Waals surface area contributed by atoms with Gasteiger partial charge in [0.15, 0.2) is 0 Å². The highest BCUT2D eigenvalue weighted by Crippen LogP contribution is 2.20. The number of hydrogen-bond acceptors (Lipinski definition) is 3. The minimum atomic E-state index is 0.0275. The van der Waals surface area contributed by atoms with E-state index < -0.39 is 0 Å². The molecule has 0 saturated carbocycles. The highest BCUT2D eigenvalue weighted by molar-refractivity contribution is 7.99. The minimum Gasteiger partial charge on any atom is -0.323 e. The van der Waals surface area contributed by atoms with Crippen molar-refractivity contribution in [1.82, 2.24) is 4.98 Å². The lowest BCUT2D eigenvalue weighted by Gasteiger charge is -2.06. The lowest BCUT2D eigenvalue weighted by Crippen LogP contribution is -2.06. The highest BCUT2D eigenvalue weighted by atomic mass is 32.2. The van der Waals surface area contributed by atoms with Crippen molar-refractivity contribution >= 4 is 11.8 Å². The van der Waals surface area contributed by atoms with Crippen LogP contribution in [0.25, 0.3) is 0 Å². The van der Waals surface area contributed by atoms with E-state index in [1.54, 1.807) is 0 Å². The molecule has 0 amide bonds. The molecular formula is C12H20N2S. The number of pyridine rings is 1.